The average molecular weight is 322 g/mol. The lowest BCUT2D eigenvalue weighted by Gasteiger charge is -2.57. The van der Waals surface area contributed by atoms with E-state index in [2.05, 4.69) is 0 Å². The highest BCUT2D eigenvalue weighted by Gasteiger charge is 2.50. The Morgan fingerprint density at radius 1 is 1.10 bits per heavy atom. The molecule has 4 bridgehead atoms. The Kier molecular flexibility index (Phi) is 3.66. The predicted molar refractivity (Wildman–Crippen MR) is 91.8 cm³/mol. The number of hydrogen-bond acceptors (Lipinski definition) is 2. The van der Waals surface area contributed by atoms with Crippen molar-refractivity contribution in [2.45, 2.75) is 49.8 Å². The highest BCUT2D eigenvalue weighted by Crippen LogP contribution is 2.61. The molecule has 4 aliphatic rings. The van der Waals surface area contributed by atoms with E-state index < -0.39 is 0 Å². The second kappa shape index (κ2) is 5.38. The van der Waals surface area contributed by atoms with Crippen LogP contribution in [-0.2, 0) is 0 Å². The molecule has 0 aliphatic heterocycles. The minimum atomic E-state index is 0.675. The number of anilines is 1. The molecule has 0 unspecified atom stereocenters. The Morgan fingerprint density at radius 3 is 2.33 bits per heavy atom. The summed E-state index contributed by atoms with van der Waals surface area (Å²) in [5.74, 6) is 4.35. The van der Waals surface area contributed by atoms with Crippen molar-refractivity contribution < 1.29 is 0 Å². The van der Waals surface area contributed by atoms with Crippen molar-refractivity contribution in [2.24, 2.45) is 23.2 Å². The second-order valence-electron chi connectivity index (χ2n) is 7.71. The van der Waals surface area contributed by atoms with Crippen LogP contribution in [0.1, 0.15) is 44.9 Å². The molecule has 4 aliphatic carbocycles. The molecule has 4 fully saturated rings. The zero-order valence-electron chi connectivity index (χ0n) is 12.5. The molecular weight excluding hydrogens is 298 g/mol. The highest BCUT2D eigenvalue weighted by molar-refractivity contribution is 7.99. The highest BCUT2D eigenvalue weighted by atomic mass is 35.5. The maximum absolute atomic E-state index is 6.27. The van der Waals surface area contributed by atoms with Gasteiger partial charge in [-0.3, -0.25) is 0 Å². The summed E-state index contributed by atoms with van der Waals surface area (Å²) < 4.78 is 0. The number of benzene rings is 1. The van der Waals surface area contributed by atoms with Crippen molar-refractivity contribution in [1.29, 1.82) is 0 Å². The Morgan fingerprint density at radius 2 is 1.71 bits per heavy atom. The summed E-state index contributed by atoms with van der Waals surface area (Å²) >= 11 is 8.17. The summed E-state index contributed by atoms with van der Waals surface area (Å²) in [6, 6.07) is 5.82. The van der Waals surface area contributed by atoms with Gasteiger partial charge < -0.3 is 5.73 Å². The quantitative estimate of drug-likeness (QED) is 0.575. The van der Waals surface area contributed by atoms with Gasteiger partial charge in [0, 0.05) is 10.6 Å². The fourth-order valence-corrected chi connectivity index (χ4v) is 7.07. The molecule has 3 heteroatoms. The minimum absolute atomic E-state index is 0.675. The van der Waals surface area contributed by atoms with E-state index in [1.54, 1.807) is 0 Å². The van der Waals surface area contributed by atoms with Gasteiger partial charge in [0.1, 0.15) is 0 Å². The fourth-order valence-electron chi connectivity index (χ4n) is 5.60. The van der Waals surface area contributed by atoms with Gasteiger partial charge in [0.2, 0.25) is 0 Å². The molecular formula is C18H24ClNS. The van der Waals surface area contributed by atoms with Crippen molar-refractivity contribution in [1.82, 2.24) is 0 Å². The third-order valence-corrected chi connectivity index (χ3v) is 7.51. The van der Waals surface area contributed by atoms with Gasteiger partial charge >= 0.3 is 0 Å². The van der Waals surface area contributed by atoms with E-state index in [0.29, 0.717) is 5.41 Å². The largest absolute Gasteiger partial charge is 0.399 e. The zero-order valence-corrected chi connectivity index (χ0v) is 14.1. The number of nitrogens with two attached hydrogens (primary N) is 1. The summed E-state index contributed by atoms with van der Waals surface area (Å²) in [5, 5.41) is 0.847. The van der Waals surface area contributed by atoms with Gasteiger partial charge in [-0.25, -0.2) is 0 Å². The topological polar surface area (TPSA) is 26.0 Å². The zero-order chi connectivity index (χ0) is 14.4. The van der Waals surface area contributed by atoms with Crippen molar-refractivity contribution in [3.8, 4) is 0 Å². The molecule has 0 aromatic heterocycles. The van der Waals surface area contributed by atoms with Crippen molar-refractivity contribution in [3.63, 3.8) is 0 Å². The fraction of sp³-hybridized carbons (Fsp3) is 0.667. The van der Waals surface area contributed by atoms with Crippen LogP contribution in [0, 0.1) is 23.2 Å². The van der Waals surface area contributed by atoms with Gasteiger partial charge in [0.25, 0.3) is 0 Å². The third kappa shape index (κ3) is 2.82. The van der Waals surface area contributed by atoms with E-state index in [-0.39, 0.29) is 0 Å². The van der Waals surface area contributed by atoms with Crippen LogP contribution < -0.4 is 5.73 Å². The van der Waals surface area contributed by atoms with E-state index in [9.17, 15) is 0 Å². The van der Waals surface area contributed by atoms with E-state index in [4.69, 9.17) is 17.3 Å². The number of nitrogen functional groups attached to an aromatic ring is 1. The molecule has 1 aromatic carbocycles. The Balaban J connectivity index is 1.40. The molecule has 2 N–H and O–H groups in total. The molecule has 0 heterocycles. The molecule has 0 radical (unpaired) electrons. The van der Waals surface area contributed by atoms with E-state index >= 15 is 0 Å². The molecule has 0 saturated heterocycles. The van der Waals surface area contributed by atoms with Gasteiger partial charge in [-0.05, 0) is 92.1 Å². The van der Waals surface area contributed by atoms with Crippen LogP contribution in [-0.4, -0.2) is 5.75 Å². The Bertz CT molecular complexity index is 507. The van der Waals surface area contributed by atoms with Crippen LogP contribution in [0.3, 0.4) is 0 Å². The van der Waals surface area contributed by atoms with E-state index in [1.165, 1.54) is 50.7 Å². The van der Waals surface area contributed by atoms with Crippen LogP contribution in [0.2, 0.25) is 5.02 Å². The van der Waals surface area contributed by atoms with Crippen molar-refractivity contribution in [3.05, 3.63) is 23.2 Å². The van der Waals surface area contributed by atoms with Gasteiger partial charge in [0.15, 0.2) is 0 Å². The molecule has 5 rings (SSSR count). The van der Waals surface area contributed by atoms with Crippen molar-refractivity contribution >= 4 is 29.1 Å². The first-order valence-corrected chi connectivity index (χ1v) is 9.66. The molecule has 0 atom stereocenters. The number of rotatable bonds is 4. The smallest absolute Gasteiger partial charge is 0.0543 e. The molecule has 1 aromatic rings. The number of halogens is 1. The Labute approximate surface area is 137 Å². The summed E-state index contributed by atoms with van der Waals surface area (Å²) in [6.45, 7) is 0. The predicted octanol–water partition coefficient (Wildman–Crippen LogP) is 5.62. The molecule has 21 heavy (non-hydrogen) atoms. The van der Waals surface area contributed by atoms with Gasteiger partial charge in [-0.15, -0.1) is 11.8 Å². The normalized spacial score (nSPS) is 37.1. The van der Waals surface area contributed by atoms with Crippen LogP contribution in [0.15, 0.2) is 23.1 Å². The Hall–Kier alpha value is -0.340. The summed E-state index contributed by atoms with van der Waals surface area (Å²) in [5.41, 5.74) is 7.37. The first-order valence-electron chi connectivity index (χ1n) is 8.30. The monoisotopic (exact) mass is 321 g/mol. The van der Waals surface area contributed by atoms with Gasteiger partial charge in [-0.1, -0.05) is 11.6 Å². The van der Waals surface area contributed by atoms with Crippen LogP contribution in [0.4, 0.5) is 5.69 Å². The second-order valence-corrected chi connectivity index (χ2v) is 9.25. The van der Waals surface area contributed by atoms with Crippen LogP contribution in [0.25, 0.3) is 0 Å². The van der Waals surface area contributed by atoms with Gasteiger partial charge in [0.05, 0.1) is 5.02 Å². The standard InChI is InChI=1S/C18H24ClNS/c19-16-2-1-15(20)8-17(16)21-4-3-18-9-12-5-13(10-18)7-14(6-12)11-18/h1-2,8,12-14H,3-7,9-11,20H2. The molecule has 0 amide bonds. The van der Waals surface area contributed by atoms with Gasteiger partial charge in [-0.2, -0.15) is 0 Å². The lowest BCUT2D eigenvalue weighted by Crippen LogP contribution is -2.46. The molecule has 114 valence electrons. The van der Waals surface area contributed by atoms with E-state index in [1.807, 2.05) is 30.0 Å². The lowest BCUT2D eigenvalue weighted by atomic mass is 9.49. The SMILES string of the molecule is Nc1ccc(Cl)c(SCCC23CC4CC(CC(C4)C2)C3)c1. The average Bonchev–Trinajstić information content (AvgIpc) is 2.41. The molecule has 1 nitrogen and oxygen atoms in total. The maximum atomic E-state index is 6.27. The third-order valence-electron chi connectivity index (χ3n) is 6.01. The minimum Gasteiger partial charge on any atom is -0.399 e. The number of thioether (sulfide) groups is 1. The van der Waals surface area contributed by atoms with Crippen molar-refractivity contribution in [2.75, 3.05) is 11.5 Å². The number of hydrogen-bond donors (Lipinski definition) is 1. The summed E-state index contributed by atoms with van der Waals surface area (Å²) in [6.07, 6.45) is 10.5. The summed E-state index contributed by atoms with van der Waals surface area (Å²) in [4.78, 5) is 1.15. The maximum Gasteiger partial charge on any atom is 0.0543 e. The molecule has 0 spiro atoms. The first kappa shape index (κ1) is 14.3. The lowest BCUT2D eigenvalue weighted by molar-refractivity contribution is -0.0538. The van der Waals surface area contributed by atoms with Crippen LogP contribution >= 0.6 is 23.4 Å². The summed E-state index contributed by atoms with van der Waals surface area (Å²) in [7, 11) is 0. The molecule has 4 saturated carbocycles. The first-order chi connectivity index (χ1) is 10.1. The van der Waals surface area contributed by atoms with Crippen LogP contribution in [0.5, 0.6) is 0 Å². The van der Waals surface area contributed by atoms with E-state index in [0.717, 1.165) is 33.4 Å².